The van der Waals surface area contributed by atoms with Crippen LogP contribution in [-0.4, -0.2) is 42.9 Å². The Hall–Kier alpha value is -3.63. The molecule has 1 fully saturated rings. The smallest absolute Gasteiger partial charge is 0.477 e. The molecule has 0 unspecified atom stereocenters. The minimum atomic E-state index is -4.46. The first-order valence-corrected chi connectivity index (χ1v) is 9.74. The Morgan fingerprint density at radius 1 is 1.16 bits per heavy atom. The Labute approximate surface area is 181 Å². The predicted octanol–water partition coefficient (Wildman–Crippen LogP) is 5.26. The van der Waals surface area contributed by atoms with E-state index < -0.39 is 18.0 Å². The van der Waals surface area contributed by atoms with Gasteiger partial charge in [0.2, 0.25) is 5.88 Å². The van der Waals surface area contributed by atoms with Gasteiger partial charge in [0.25, 0.3) is 0 Å². The minimum Gasteiger partial charge on any atom is -0.477 e. The van der Waals surface area contributed by atoms with Crippen molar-refractivity contribution in [3.05, 3.63) is 48.0 Å². The highest BCUT2D eigenvalue weighted by atomic mass is 19.4. The number of carboxylic acid groups (broad SMARTS) is 2. The molecule has 1 aliphatic rings. The molecule has 3 aromatic heterocycles. The SMILES string of the molecule is Cc1cc(OCC2CCC2)ncc1-c1ccc(-c2ncc(C(F)(F)F)[nH]2)nc1.O=C(O)O. The van der Waals surface area contributed by atoms with Gasteiger partial charge < -0.3 is 19.9 Å². The summed E-state index contributed by atoms with van der Waals surface area (Å²) in [5.41, 5.74) is 2.15. The van der Waals surface area contributed by atoms with Gasteiger partial charge in [0, 0.05) is 29.6 Å². The Bertz CT molecular complexity index is 1060. The van der Waals surface area contributed by atoms with Gasteiger partial charge >= 0.3 is 12.3 Å². The lowest BCUT2D eigenvalue weighted by molar-refractivity contribution is -0.140. The molecule has 3 heterocycles. The van der Waals surface area contributed by atoms with Crippen LogP contribution >= 0.6 is 0 Å². The molecule has 1 saturated carbocycles. The van der Waals surface area contributed by atoms with Gasteiger partial charge in [-0.3, -0.25) is 4.98 Å². The van der Waals surface area contributed by atoms with Crippen LogP contribution < -0.4 is 4.74 Å². The van der Waals surface area contributed by atoms with Gasteiger partial charge in [-0.1, -0.05) is 12.5 Å². The number of halogens is 3. The van der Waals surface area contributed by atoms with E-state index in [9.17, 15) is 13.2 Å². The van der Waals surface area contributed by atoms with Crippen LogP contribution in [0.2, 0.25) is 0 Å². The maximum absolute atomic E-state index is 12.7. The van der Waals surface area contributed by atoms with Gasteiger partial charge in [0.1, 0.15) is 11.4 Å². The highest BCUT2D eigenvalue weighted by Crippen LogP contribution is 2.31. The summed E-state index contributed by atoms with van der Waals surface area (Å²) in [6.45, 7) is 2.66. The molecule has 0 bridgehead atoms. The summed E-state index contributed by atoms with van der Waals surface area (Å²) in [6, 6.07) is 5.32. The Balaban J connectivity index is 0.000000668. The van der Waals surface area contributed by atoms with Gasteiger partial charge in [0.15, 0.2) is 5.82 Å². The number of aromatic nitrogens is 4. The van der Waals surface area contributed by atoms with Gasteiger partial charge in [-0.2, -0.15) is 13.2 Å². The number of imidazole rings is 1. The number of aryl methyl sites for hydroxylation is 1. The third kappa shape index (κ3) is 5.96. The summed E-state index contributed by atoms with van der Waals surface area (Å²) >= 11 is 0. The zero-order valence-corrected chi connectivity index (χ0v) is 17.1. The third-order valence-corrected chi connectivity index (χ3v) is 4.98. The fourth-order valence-corrected chi connectivity index (χ4v) is 3.06. The number of pyridine rings is 2. The fraction of sp³-hybridized carbons (Fsp3) is 0.333. The second-order valence-electron chi connectivity index (χ2n) is 7.30. The van der Waals surface area contributed by atoms with Crippen LogP contribution in [-0.2, 0) is 6.18 Å². The molecule has 3 aromatic rings. The van der Waals surface area contributed by atoms with E-state index in [2.05, 4.69) is 19.9 Å². The normalized spacial score (nSPS) is 13.6. The van der Waals surface area contributed by atoms with Crippen molar-refractivity contribution in [1.29, 1.82) is 0 Å². The largest absolute Gasteiger partial charge is 0.503 e. The molecule has 0 atom stereocenters. The number of carbonyl (C=O) groups is 1. The first-order valence-electron chi connectivity index (χ1n) is 9.74. The Kier molecular flexibility index (Phi) is 6.96. The summed E-state index contributed by atoms with van der Waals surface area (Å²) in [5.74, 6) is 1.32. The summed E-state index contributed by atoms with van der Waals surface area (Å²) in [5, 5.41) is 13.9. The molecule has 0 aromatic carbocycles. The highest BCUT2D eigenvalue weighted by molar-refractivity contribution is 5.67. The second-order valence-corrected chi connectivity index (χ2v) is 7.30. The molecular formula is C21H21F3N4O4. The van der Waals surface area contributed by atoms with Gasteiger partial charge in [-0.25, -0.2) is 14.8 Å². The van der Waals surface area contributed by atoms with E-state index in [0.29, 0.717) is 24.1 Å². The number of aromatic amines is 1. The summed E-state index contributed by atoms with van der Waals surface area (Å²) in [7, 11) is 0. The van der Waals surface area contributed by atoms with E-state index >= 15 is 0 Å². The standard InChI is InChI=1S/C20H19F3N4O.CH2O3/c1-12-7-18(28-11-13-3-2-4-13)25-9-15(12)14-5-6-16(24-8-14)19-26-10-17(27-19)20(21,22)23;2-1(3)4/h5-10,13H,2-4,11H2,1H3,(H,26,27);(H2,2,3,4). The fourth-order valence-electron chi connectivity index (χ4n) is 3.06. The van der Waals surface area contributed by atoms with Crippen LogP contribution in [0, 0.1) is 12.8 Å². The molecule has 0 spiro atoms. The first-order chi connectivity index (χ1) is 15.1. The number of alkyl halides is 3. The van der Waals surface area contributed by atoms with Crippen LogP contribution in [0.4, 0.5) is 18.0 Å². The van der Waals surface area contributed by atoms with E-state index in [1.54, 1.807) is 24.5 Å². The molecule has 0 aliphatic heterocycles. The lowest BCUT2D eigenvalue weighted by atomic mass is 9.86. The molecular weight excluding hydrogens is 429 g/mol. The number of H-pyrrole nitrogens is 1. The number of nitrogens with zero attached hydrogens (tertiary/aromatic N) is 3. The molecule has 32 heavy (non-hydrogen) atoms. The third-order valence-electron chi connectivity index (χ3n) is 4.98. The van der Waals surface area contributed by atoms with Gasteiger partial charge in [-0.15, -0.1) is 0 Å². The molecule has 11 heteroatoms. The zero-order valence-electron chi connectivity index (χ0n) is 17.1. The second kappa shape index (κ2) is 9.67. The van der Waals surface area contributed by atoms with E-state index in [0.717, 1.165) is 22.9 Å². The van der Waals surface area contributed by atoms with E-state index in [1.807, 2.05) is 13.0 Å². The predicted molar refractivity (Wildman–Crippen MR) is 108 cm³/mol. The molecule has 170 valence electrons. The van der Waals surface area contributed by atoms with Crippen molar-refractivity contribution in [3.63, 3.8) is 0 Å². The Morgan fingerprint density at radius 2 is 1.88 bits per heavy atom. The topological polar surface area (TPSA) is 121 Å². The maximum atomic E-state index is 12.7. The number of rotatable bonds is 5. The molecule has 1 aliphatic carbocycles. The number of hydrogen-bond acceptors (Lipinski definition) is 5. The quantitative estimate of drug-likeness (QED) is 0.485. The molecule has 4 rings (SSSR count). The average Bonchev–Trinajstić information content (AvgIpc) is 3.17. The molecule has 3 N–H and O–H groups in total. The zero-order chi connectivity index (χ0) is 23.3. The Morgan fingerprint density at radius 3 is 2.38 bits per heavy atom. The van der Waals surface area contributed by atoms with E-state index in [4.69, 9.17) is 19.7 Å². The maximum Gasteiger partial charge on any atom is 0.503 e. The summed E-state index contributed by atoms with van der Waals surface area (Å²) < 4.78 is 43.8. The molecule has 0 amide bonds. The number of nitrogens with one attached hydrogen (secondary N) is 1. The van der Waals surface area contributed by atoms with E-state index in [-0.39, 0.29) is 5.82 Å². The first kappa shape index (κ1) is 23.0. The summed E-state index contributed by atoms with van der Waals surface area (Å²) in [4.78, 5) is 23.2. The minimum absolute atomic E-state index is 0.0773. The van der Waals surface area contributed by atoms with Crippen LogP contribution in [0.1, 0.15) is 30.5 Å². The monoisotopic (exact) mass is 450 g/mol. The van der Waals surface area contributed by atoms with Crippen molar-refractivity contribution in [2.45, 2.75) is 32.4 Å². The lowest BCUT2D eigenvalue weighted by Crippen LogP contribution is -2.19. The van der Waals surface area contributed by atoms with Crippen molar-refractivity contribution < 1.29 is 32.9 Å². The molecule has 0 saturated heterocycles. The van der Waals surface area contributed by atoms with Crippen molar-refractivity contribution in [2.75, 3.05) is 6.61 Å². The van der Waals surface area contributed by atoms with Crippen molar-refractivity contribution in [3.8, 4) is 28.5 Å². The number of hydrogen-bond donors (Lipinski definition) is 3. The number of ether oxygens (including phenoxy) is 1. The van der Waals surface area contributed by atoms with Crippen molar-refractivity contribution >= 4 is 6.16 Å². The van der Waals surface area contributed by atoms with Gasteiger partial charge in [-0.05, 0) is 37.3 Å². The van der Waals surface area contributed by atoms with Crippen molar-refractivity contribution in [1.82, 2.24) is 19.9 Å². The van der Waals surface area contributed by atoms with Crippen LogP contribution in [0.5, 0.6) is 5.88 Å². The van der Waals surface area contributed by atoms with Crippen LogP contribution in [0.25, 0.3) is 22.6 Å². The lowest BCUT2D eigenvalue weighted by Gasteiger charge is -2.24. The van der Waals surface area contributed by atoms with E-state index in [1.165, 1.54) is 19.3 Å². The van der Waals surface area contributed by atoms with Gasteiger partial charge in [0.05, 0.1) is 12.8 Å². The van der Waals surface area contributed by atoms with Crippen molar-refractivity contribution in [2.24, 2.45) is 5.92 Å². The van der Waals surface area contributed by atoms with Crippen LogP contribution in [0.15, 0.2) is 36.8 Å². The highest BCUT2D eigenvalue weighted by Gasteiger charge is 2.33. The average molecular weight is 450 g/mol. The summed E-state index contributed by atoms with van der Waals surface area (Å²) in [6.07, 6.45) is 1.51. The molecule has 8 nitrogen and oxygen atoms in total. The molecule has 0 radical (unpaired) electrons. The van der Waals surface area contributed by atoms with Crippen LogP contribution in [0.3, 0.4) is 0 Å².